The van der Waals surface area contributed by atoms with Gasteiger partial charge in [0.25, 0.3) is 5.91 Å². The maximum atomic E-state index is 13.5. The van der Waals surface area contributed by atoms with Crippen molar-refractivity contribution in [2.45, 2.75) is 51.7 Å². The number of fused-ring (bicyclic) bond motifs is 1. The minimum absolute atomic E-state index is 0.0792. The quantitative estimate of drug-likeness (QED) is 0.355. The molecule has 184 valence electrons. The Morgan fingerprint density at radius 1 is 1.17 bits per heavy atom. The Hall–Kier alpha value is -1.83. The lowest BCUT2D eigenvalue weighted by molar-refractivity contribution is 0.0906. The van der Waals surface area contributed by atoms with Gasteiger partial charge in [0.05, 0.1) is 34.0 Å². The van der Waals surface area contributed by atoms with Gasteiger partial charge in [-0.15, -0.1) is 11.3 Å². The fourth-order valence-electron chi connectivity index (χ4n) is 4.97. The van der Waals surface area contributed by atoms with Gasteiger partial charge in [-0.3, -0.25) is 4.79 Å². The van der Waals surface area contributed by atoms with E-state index in [-0.39, 0.29) is 11.9 Å². The number of carbonyl (C=O) groups is 1. The SMILES string of the molecule is C[C@@H](NC(=O)c1nn(-c2ccc(Cl)cc2Cl)c2c1COC/C2=C\c1ccc(Cl)s1)C1CCCCC1. The summed E-state index contributed by atoms with van der Waals surface area (Å²) in [5.74, 6) is 0.304. The molecule has 0 saturated heterocycles. The van der Waals surface area contributed by atoms with Gasteiger partial charge in [-0.1, -0.05) is 54.1 Å². The molecule has 5 nitrogen and oxygen atoms in total. The first-order chi connectivity index (χ1) is 16.9. The monoisotopic (exact) mass is 549 g/mol. The van der Waals surface area contributed by atoms with Crippen LogP contribution in [0.2, 0.25) is 14.4 Å². The van der Waals surface area contributed by atoms with Crippen molar-refractivity contribution in [1.29, 1.82) is 0 Å². The molecule has 1 amide bonds. The minimum atomic E-state index is -0.188. The van der Waals surface area contributed by atoms with Crippen molar-refractivity contribution in [3.8, 4) is 5.69 Å². The Bertz CT molecular complexity index is 1280. The first-order valence-electron chi connectivity index (χ1n) is 11.8. The molecular formula is C26H26Cl3N3O2S. The van der Waals surface area contributed by atoms with E-state index < -0.39 is 0 Å². The van der Waals surface area contributed by atoms with Gasteiger partial charge in [-0.2, -0.15) is 5.10 Å². The topological polar surface area (TPSA) is 56.2 Å². The summed E-state index contributed by atoms with van der Waals surface area (Å²) in [5.41, 5.74) is 3.50. The number of amides is 1. The maximum absolute atomic E-state index is 13.5. The van der Waals surface area contributed by atoms with E-state index in [0.717, 1.165) is 34.5 Å². The van der Waals surface area contributed by atoms with Crippen molar-refractivity contribution in [3.05, 3.63) is 66.5 Å². The zero-order valence-corrected chi connectivity index (χ0v) is 22.4. The molecule has 0 spiro atoms. The highest BCUT2D eigenvalue weighted by Gasteiger charge is 2.31. The molecule has 5 rings (SSSR count). The lowest BCUT2D eigenvalue weighted by Crippen LogP contribution is -2.39. The van der Waals surface area contributed by atoms with Gasteiger partial charge in [-0.05, 0) is 62.1 Å². The van der Waals surface area contributed by atoms with Crippen LogP contribution in [0.3, 0.4) is 0 Å². The minimum Gasteiger partial charge on any atom is -0.372 e. The molecule has 0 unspecified atom stereocenters. The Labute approximate surface area is 224 Å². The first-order valence-corrected chi connectivity index (χ1v) is 13.8. The maximum Gasteiger partial charge on any atom is 0.272 e. The number of nitrogens with zero attached hydrogens (tertiary/aromatic N) is 2. The predicted molar refractivity (Wildman–Crippen MR) is 144 cm³/mol. The molecule has 3 aromatic rings. The van der Waals surface area contributed by atoms with Crippen LogP contribution in [-0.4, -0.2) is 28.3 Å². The zero-order chi connectivity index (χ0) is 24.5. The van der Waals surface area contributed by atoms with Crippen molar-refractivity contribution in [3.63, 3.8) is 0 Å². The van der Waals surface area contributed by atoms with E-state index in [1.165, 1.54) is 30.6 Å². The molecule has 1 N–H and O–H groups in total. The predicted octanol–water partition coefficient (Wildman–Crippen LogP) is 7.66. The van der Waals surface area contributed by atoms with Gasteiger partial charge in [0, 0.05) is 27.1 Å². The summed E-state index contributed by atoms with van der Waals surface area (Å²) in [4.78, 5) is 14.5. The number of benzene rings is 1. The lowest BCUT2D eigenvalue weighted by atomic mass is 9.84. The molecule has 9 heteroatoms. The summed E-state index contributed by atoms with van der Waals surface area (Å²) in [6.45, 7) is 2.78. The summed E-state index contributed by atoms with van der Waals surface area (Å²) in [6.07, 6.45) is 8.04. The molecule has 1 saturated carbocycles. The number of carbonyl (C=O) groups excluding carboxylic acids is 1. The third-order valence-corrected chi connectivity index (χ3v) is 8.49. The Morgan fingerprint density at radius 3 is 2.69 bits per heavy atom. The highest BCUT2D eigenvalue weighted by molar-refractivity contribution is 7.17. The van der Waals surface area contributed by atoms with Gasteiger partial charge in [0.15, 0.2) is 5.69 Å². The average Bonchev–Trinajstić information content (AvgIpc) is 3.43. The second-order valence-electron chi connectivity index (χ2n) is 9.15. The molecule has 1 aliphatic heterocycles. The Balaban J connectivity index is 1.57. The number of rotatable bonds is 5. The molecule has 1 aliphatic carbocycles. The zero-order valence-electron chi connectivity index (χ0n) is 19.3. The molecular weight excluding hydrogens is 525 g/mol. The molecule has 1 atom stereocenters. The molecule has 3 heterocycles. The second kappa shape index (κ2) is 10.7. The fraction of sp³-hybridized carbons (Fsp3) is 0.385. The number of halogens is 3. The molecule has 1 fully saturated rings. The van der Waals surface area contributed by atoms with Crippen LogP contribution in [0.25, 0.3) is 17.3 Å². The van der Waals surface area contributed by atoms with Crippen molar-refractivity contribution < 1.29 is 9.53 Å². The van der Waals surface area contributed by atoms with Crippen molar-refractivity contribution >= 4 is 63.7 Å². The smallest absolute Gasteiger partial charge is 0.272 e. The van der Waals surface area contributed by atoms with Crippen LogP contribution in [-0.2, 0) is 11.3 Å². The van der Waals surface area contributed by atoms with Crippen molar-refractivity contribution in [2.75, 3.05) is 6.61 Å². The third-order valence-electron chi connectivity index (χ3n) is 6.77. The molecule has 0 bridgehead atoms. The van der Waals surface area contributed by atoms with Gasteiger partial charge in [-0.25, -0.2) is 4.68 Å². The standard InChI is InChI=1S/C26H26Cl3N3O2S/c1-15(16-5-3-2-4-6-16)30-26(33)24-20-14-34-13-17(11-19-8-10-23(29)35-19)25(20)32(31-24)22-9-7-18(27)12-21(22)28/h7-12,15-16H,2-6,13-14H2,1H3,(H,30,33)/b17-11+/t15-/m1/s1. The van der Waals surface area contributed by atoms with Gasteiger partial charge in [0.1, 0.15) is 0 Å². The van der Waals surface area contributed by atoms with E-state index in [1.807, 2.05) is 24.3 Å². The fourth-order valence-corrected chi connectivity index (χ4v) is 6.49. The summed E-state index contributed by atoms with van der Waals surface area (Å²) in [5, 5.41) is 8.98. The van der Waals surface area contributed by atoms with Crippen LogP contribution in [0, 0.1) is 5.92 Å². The molecule has 0 radical (unpaired) electrons. The largest absolute Gasteiger partial charge is 0.372 e. The van der Waals surface area contributed by atoms with Crippen LogP contribution in [0.4, 0.5) is 0 Å². The van der Waals surface area contributed by atoms with Gasteiger partial charge < -0.3 is 10.1 Å². The van der Waals surface area contributed by atoms with Crippen molar-refractivity contribution in [1.82, 2.24) is 15.1 Å². The van der Waals surface area contributed by atoms with Crippen LogP contribution >= 0.6 is 46.1 Å². The number of thiophene rings is 1. The number of nitrogens with one attached hydrogen (secondary N) is 1. The average molecular weight is 551 g/mol. The summed E-state index contributed by atoms with van der Waals surface area (Å²) >= 11 is 20.4. The third kappa shape index (κ3) is 5.32. The van der Waals surface area contributed by atoms with Crippen LogP contribution in [0.1, 0.15) is 65.7 Å². The molecule has 2 aliphatic rings. The van der Waals surface area contributed by atoms with E-state index >= 15 is 0 Å². The van der Waals surface area contributed by atoms with Crippen LogP contribution < -0.4 is 5.32 Å². The van der Waals surface area contributed by atoms with Crippen molar-refractivity contribution in [2.24, 2.45) is 5.92 Å². The first kappa shape index (κ1) is 24.8. The van der Waals surface area contributed by atoms with Crippen LogP contribution in [0.15, 0.2) is 30.3 Å². The number of hydrogen-bond acceptors (Lipinski definition) is 4. The van der Waals surface area contributed by atoms with Gasteiger partial charge in [0.2, 0.25) is 0 Å². The summed E-state index contributed by atoms with van der Waals surface area (Å²) in [6, 6.07) is 9.17. The highest BCUT2D eigenvalue weighted by atomic mass is 35.5. The summed E-state index contributed by atoms with van der Waals surface area (Å²) in [7, 11) is 0. The Morgan fingerprint density at radius 2 is 1.97 bits per heavy atom. The number of aromatic nitrogens is 2. The van der Waals surface area contributed by atoms with Gasteiger partial charge >= 0.3 is 0 Å². The molecule has 35 heavy (non-hydrogen) atoms. The van der Waals surface area contributed by atoms with E-state index in [4.69, 9.17) is 44.6 Å². The highest BCUT2D eigenvalue weighted by Crippen LogP contribution is 2.36. The Kier molecular flexibility index (Phi) is 7.56. The molecule has 1 aromatic carbocycles. The normalized spacial score (nSPS) is 18.5. The van der Waals surface area contributed by atoms with E-state index in [0.29, 0.717) is 44.9 Å². The second-order valence-corrected chi connectivity index (χ2v) is 11.7. The summed E-state index contributed by atoms with van der Waals surface area (Å²) < 4.78 is 8.37. The number of hydrogen-bond donors (Lipinski definition) is 1. The van der Waals surface area contributed by atoms with E-state index in [2.05, 4.69) is 12.2 Å². The van der Waals surface area contributed by atoms with Crippen LogP contribution in [0.5, 0.6) is 0 Å². The lowest BCUT2D eigenvalue weighted by Gasteiger charge is -2.28. The van der Waals surface area contributed by atoms with E-state index in [9.17, 15) is 4.79 Å². The van der Waals surface area contributed by atoms with E-state index in [1.54, 1.807) is 16.8 Å². The number of ether oxygens (including phenoxy) is 1. The molecule has 2 aromatic heterocycles.